The Balaban J connectivity index is 1.63. The Morgan fingerprint density at radius 1 is 0.844 bits per heavy atom. The van der Waals surface area contributed by atoms with Crippen molar-refractivity contribution in [1.29, 1.82) is 0 Å². The van der Waals surface area contributed by atoms with Crippen molar-refractivity contribution < 1.29 is 28.7 Å². The normalized spacial score (nSPS) is 22.3. The third-order valence-corrected chi connectivity index (χ3v) is 5.72. The third kappa shape index (κ3) is 3.04. The zero-order valence-electron chi connectivity index (χ0n) is 16.6. The number of fused-ring (bicyclic) bond motifs is 1. The molecule has 2 amide bonds. The highest BCUT2D eigenvalue weighted by Crippen LogP contribution is 2.48. The van der Waals surface area contributed by atoms with Gasteiger partial charge in [-0.05, 0) is 48.0 Å². The average Bonchev–Trinajstić information content (AvgIpc) is 3.31. The summed E-state index contributed by atoms with van der Waals surface area (Å²) in [4.78, 5) is 45.6. The summed E-state index contributed by atoms with van der Waals surface area (Å²) in [7, 11) is 0. The number of carbonyl (C=O) groups is 3. The molecule has 3 atom stereocenters. The number of halogens is 1. The molecule has 160 valence electrons. The Kier molecular flexibility index (Phi) is 4.71. The summed E-state index contributed by atoms with van der Waals surface area (Å²) in [6, 6.07) is 19.4. The molecule has 1 N–H and O–H groups in total. The van der Waals surface area contributed by atoms with E-state index in [0.29, 0.717) is 11.3 Å². The molecule has 2 saturated heterocycles. The Morgan fingerprint density at radius 2 is 1.50 bits per heavy atom. The fourth-order valence-electron chi connectivity index (χ4n) is 4.32. The topological polar surface area (TPSA) is 87.2 Å². The van der Waals surface area contributed by atoms with Crippen molar-refractivity contribution in [3.63, 3.8) is 0 Å². The van der Waals surface area contributed by atoms with Gasteiger partial charge in [-0.1, -0.05) is 36.4 Å². The molecule has 0 spiro atoms. The number of hydroxylamine groups is 1. The molecule has 0 aliphatic carbocycles. The van der Waals surface area contributed by atoms with E-state index in [9.17, 15) is 23.9 Å². The zero-order valence-corrected chi connectivity index (χ0v) is 16.6. The molecule has 7 nitrogen and oxygen atoms in total. The molecule has 2 fully saturated rings. The molecule has 2 aliphatic rings. The lowest BCUT2D eigenvalue weighted by atomic mass is 9.88. The van der Waals surface area contributed by atoms with Crippen LogP contribution in [0.5, 0.6) is 0 Å². The van der Waals surface area contributed by atoms with Crippen LogP contribution in [0.4, 0.5) is 15.8 Å². The Morgan fingerprint density at radius 3 is 2.19 bits per heavy atom. The molecule has 2 aliphatic heterocycles. The first-order valence-corrected chi connectivity index (χ1v) is 9.94. The molecule has 2 heterocycles. The summed E-state index contributed by atoms with van der Waals surface area (Å²) in [5.41, 5.74) is 1.19. The number of amides is 2. The van der Waals surface area contributed by atoms with Gasteiger partial charge in [0.15, 0.2) is 6.10 Å². The van der Waals surface area contributed by atoms with Gasteiger partial charge >= 0.3 is 5.97 Å². The van der Waals surface area contributed by atoms with E-state index in [0.717, 1.165) is 4.90 Å². The number of aromatic carboxylic acids is 1. The number of carboxylic acids is 1. The van der Waals surface area contributed by atoms with Gasteiger partial charge in [-0.15, -0.1) is 0 Å². The quantitative estimate of drug-likeness (QED) is 0.635. The Labute approximate surface area is 182 Å². The standard InChI is InChI=1S/C24H17FN2O5/c25-14-10-12-15(13-11-14)26-22(28)19-20(17-8-4-5-9-18(17)24(30)31)27(32-21(19)23(26)29)16-6-2-1-3-7-16/h1-13,19-21H,(H,30,31)/t19-,20+,21+/m1/s1. The summed E-state index contributed by atoms with van der Waals surface area (Å²) in [5.74, 6) is -3.73. The fraction of sp³-hybridized carbons (Fsp3) is 0.125. The molecule has 5 rings (SSSR count). The summed E-state index contributed by atoms with van der Waals surface area (Å²) in [6.45, 7) is 0. The second-order valence-corrected chi connectivity index (χ2v) is 7.54. The number of benzene rings is 3. The van der Waals surface area contributed by atoms with Gasteiger partial charge < -0.3 is 5.11 Å². The maximum atomic E-state index is 13.5. The third-order valence-electron chi connectivity index (χ3n) is 5.72. The van der Waals surface area contributed by atoms with Crippen molar-refractivity contribution in [3.8, 4) is 0 Å². The van der Waals surface area contributed by atoms with E-state index in [1.807, 2.05) is 6.07 Å². The van der Waals surface area contributed by atoms with Crippen LogP contribution in [0.2, 0.25) is 0 Å². The van der Waals surface area contributed by atoms with Crippen molar-refractivity contribution in [2.45, 2.75) is 12.1 Å². The number of rotatable bonds is 4. The second-order valence-electron chi connectivity index (χ2n) is 7.54. The minimum absolute atomic E-state index is 0.0168. The maximum Gasteiger partial charge on any atom is 0.336 e. The van der Waals surface area contributed by atoms with Gasteiger partial charge in [-0.25, -0.2) is 19.1 Å². The minimum atomic E-state index is -1.15. The fourth-order valence-corrected chi connectivity index (χ4v) is 4.32. The molecule has 32 heavy (non-hydrogen) atoms. The van der Waals surface area contributed by atoms with E-state index >= 15 is 0 Å². The molecule has 3 aromatic carbocycles. The number of anilines is 2. The van der Waals surface area contributed by atoms with E-state index in [4.69, 9.17) is 4.84 Å². The van der Waals surface area contributed by atoms with Crippen LogP contribution in [0.25, 0.3) is 0 Å². The molecule has 3 aromatic rings. The highest BCUT2D eigenvalue weighted by Gasteiger charge is 2.60. The van der Waals surface area contributed by atoms with Gasteiger partial charge in [0.25, 0.3) is 5.91 Å². The predicted molar refractivity (Wildman–Crippen MR) is 112 cm³/mol. The van der Waals surface area contributed by atoms with Crippen LogP contribution in [0.15, 0.2) is 78.9 Å². The lowest BCUT2D eigenvalue weighted by molar-refractivity contribution is -0.126. The summed E-state index contributed by atoms with van der Waals surface area (Å²) < 4.78 is 13.4. The van der Waals surface area contributed by atoms with Gasteiger partial charge in [0.1, 0.15) is 11.7 Å². The largest absolute Gasteiger partial charge is 0.478 e. The smallest absolute Gasteiger partial charge is 0.336 e. The van der Waals surface area contributed by atoms with Gasteiger partial charge in [-0.2, -0.15) is 0 Å². The Hall–Kier alpha value is -4.04. The van der Waals surface area contributed by atoms with Crippen LogP contribution >= 0.6 is 0 Å². The number of carboxylic acid groups (broad SMARTS) is 1. The van der Waals surface area contributed by atoms with Gasteiger partial charge in [0.05, 0.1) is 23.0 Å². The SMILES string of the molecule is O=C(O)c1ccccc1[C@H]1[C@H]2C(=O)N(c3ccc(F)cc3)C(=O)[C@H]2ON1c1ccccc1. The molecular formula is C24H17FN2O5. The lowest BCUT2D eigenvalue weighted by Crippen LogP contribution is -2.37. The number of nitrogens with zero attached hydrogens (tertiary/aromatic N) is 2. The zero-order chi connectivity index (χ0) is 22.4. The molecule has 0 aromatic heterocycles. The van der Waals surface area contributed by atoms with Gasteiger partial charge in [-0.3, -0.25) is 14.4 Å². The monoisotopic (exact) mass is 432 g/mol. The van der Waals surface area contributed by atoms with Crippen LogP contribution in [0, 0.1) is 11.7 Å². The molecule has 0 saturated carbocycles. The predicted octanol–water partition coefficient (Wildman–Crippen LogP) is 3.58. The van der Waals surface area contributed by atoms with Crippen LogP contribution in [-0.2, 0) is 14.4 Å². The van der Waals surface area contributed by atoms with Crippen LogP contribution in [-0.4, -0.2) is 29.0 Å². The number of hydrogen-bond donors (Lipinski definition) is 1. The van der Waals surface area contributed by atoms with E-state index in [2.05, 4.69) is 0 Å². The van der Waals surface area contributed by atoms with Gasteiger partial charge in [0, 0.05) is 0 Å². The van der Waals surface area contributed by atoms with Crippen molar-refractivity contribution in [1.82, 2.24) is 0 Å². The van der Waals surface area contributed by atoms with Crippen molar-refractivity contribution in [2.75, 3.05) is 9.96 Å². The number of imide groups is 1. The van der Waals surface area contributed by atoms with E-state index in [-0.39, 0.29) is 11.3 Å². The average molecular weight is 432 g/mol. The van der Waals surface area contributed by atoms with Crippen molar-refractivity contribution in [3.05, 3.63) is 95.8 Å². The first kappa shape index (κ1) is 19.9. The number of para-hydroxylation sites is 1. The molecule has 8 heteroatoms. The summed E-state index contributed by atoms with van der Waals surface area (Å²) in [6.07, 6.45) is -1.14. The number of hydrogen-bond acceptors (Lipinski definition) is 5. The summed E-state index contributed by atoms with van der Waals surface area (Å²) >= 11 is 0. The van der Waals surface area contributed by atoms with Crippen LogP contribution < -0.4 is 9.96 Å². The number of carbonyl (C=O) groups excluding carboxylic acids is 2. The minimum Gasteiger partial charge on any atom is -0.478 e. The van der Waals surface area contributed by atoms with E-state index in [1.54, 1.807) is 42.5 Å². The molecule has 0 radical (unpaired) electrons. The first-order chi connectivity index (χ1) is 15.5. The van der Waals surface area contributed by atoms with Crippen molar-refractivity contribution >= 4 is 29.2 Å². The first-order valence-electron chi connectivity index (χ1n) is 9.94. The summed E-state index contributed by atoms with van der Waals surface area (Å²) in [5, 5.41) is 11.2. The van der Waals surface area contributed by atoms with Crippen LogP contribution in [0.1, 0.15) is 22.0 Å². The highest BCUT2D eigenvalue weighted by atomic mass is 19.1. The molecular weight excluding hydrogens is 415 g/mol. The molecule has 0 unspecified atom stereocenters. The second kappa shape index (κ2) is 7.58. The highest BCUT2D eigenvalue weighted by molar-refractivity contribution is 6.24. The molecule has 0 bridgehead atoms. The van der Waals surface area contributed by atoms with Gasteiger partial charge in [0.2, 0.25) is 5.91 Å². The van der Waals surface area contributed by atoms with E-state index < -0.39 is 41.7 Å². The van der Waals surface area contributed by atoms with E-state index in [1.165, 1.54) is 35.4 Å². The van der Waals surface area contributed by atoms with Crippen LogP contribution in [0.3, 0.4) is 0 Å². The lowest BCUT2D eigenvalue weighted by Gasteiger charge is -2.29. The maximum absolute atomic E-state index is 13.5. The Bertz CT molecular complexity index is 1210. The van der Waals surface area contributed by atoms with Crippen molar-refractivity contribution in [2.24, 2.45) is 5.92 Å².